The molecule has 8 nitrogen and oxygen atoms in total. The molecule has 0 amide bonds. The zero-order valence-electron chi connectivity index (χ0n) is 13.9. The van der Waals surface area contributed by atoms with Gasteiger partial charge in [-0.15, -0.1) is 5.10 Å². The summed E-state index contributed by atoms with van der Waals surface area (Å²) in [5.74, 6) is 1.75. The fraction of sp³-hybridized carbons (Fsp3) is 0.438. The molecule has 1 atom stereocenters. The Hall–Kier alpha value is -2.45. The van der Waals surface area contributed by atoms with Crippen molar-refractivity contribution in [3.8, 4) is 5.75 Å². The molecule has 0 unspecified atom stereocenters. The van der Waals surface area contributed by atoms with Gasteiger partial charge in [0.05, 0.1) is 13.7 Å². The van der Waals surface area contributed by atoms with Crippen LogP contribution in [-0.2, 0) is 6.54 Å². The van der Waals surface area contributed by atoms with Crippen LogP contribution in [0, 0.1) is 0 Å². The van der Waals surface area contributed by atoms with Gasteiger partial charge in [-0.1, -0.05) is 6.07 Å². The number of aromatic nitrogens is 4. The Balaban J connectivity index is 1.79. The van der Waals surface area contributed by atoms with Crippen LogP contribution in [0.1, 0.15) is 12.7 Å². The molecule has 2 aromatic heterocycles. The third-order valence-corrected chi connectivity index (χ3v) is 4.54. The van der Waals surface area contributed by atoms with Crippen molar-refractivity contribution in [3.05, 3.63) is 24.0 Å². The predicted octanol–water partition coefficient (Wildman–Crippen LogP) is 0.662. The van der Waals surface area contributed by atoms with Gasteiger partial charge in [0.15, 0.2) is 11.5 Å². The first kappa shape index (κ1) is 15.1. The molecule has 0 saturated carbocycles. The Morgan fingerprint density at radius 3 is 3.04 bits per heavy atom. The van der Waals surface area contributed by atoms with Crippen molar-refractivity contribution < 1.29 is 4.74 Å². The Kier molecular flexibility index (Phi) is 3.70. The van der Waals surface area contributed by atoms with E-state index in [1.807, 2.05) is 18.2 Å². The maximum absolute atomic E-state index is 6.09. The second-order valence-corrected chi connectivity index (χ2v) is 6.11. The monoisotopic (exact) mass is 327 g/mol. The van der Waals surface area contributed by atoms with Gasteiger partial charge < -0.3 is 15.8 Å². The van der Waals surface area contributed by atoms with Gasteiger partial charge in [0.1, 0.15) is 11.3 Å². The lowest BCUT2D eigenvalue weighted by Crippen LogP contribution is -2.49. The van der Waals surface area contributed by atoms with E-state index in [-0.39, 0.29) is 0 Å². The number of nitrogen functional groups attached to an aromatic ring is 1. The molecule has 0 spiro atoms. The van der Waals surface area contributed by atoms with Crippen molar-refractivity contribution in [3.63, 3.8) is 0 Å². The van der Waals surface area contributed by atoms with E-state index in [0.717, 1.165) is 30.8 Å². The molecule has 24 heavy (non-hydrogen) atoms. The average molecular weight is 327 g/mol. The number of nitrogens with one attached hydrogen (secondary N) is 1. The topological polar surface area (TPSA) is 93.6 Å². The summed E-state index contributed by atoms with van der Waals surface area (Å²) >= 11 is 0. The van der Waals surface area contributed by atoms with Gasteiger partial charge in [0.25, 0.3) is 0 Å². The summed E-state index contributed by atoms with van der Waals surface area (Å²) in [4.78, 5) is 11.5. The molecular formula is C16H21N7O. The van der Waals surface area contributed by atoms with Crippen molar-refractivity contribution >= 4 is 22.5 Å². The van der Waals surface area contributed by atoms with Crippen LogP contribution >= 0.6 is 0 Å². The number of fused-ring (bicyclic) bond motifs is 3. The molecule has 1 aliphatic heterocycles. The first-order valence-electron chi connectivity index (χ1n) is 8.10. The standard InChI is InChI=1S/C16H21N7O/c1-10-8-18-6-7-22(10)9-13-19-15-11-4-3-5-12(24-2)14(11)20-16(17)23(15)21-13/h3-5,10,18H,6-9H2,1-2H3,(H2,17,20)/t10-/m1/s1. The van der Waals surface area contributed by atoms with E-state index in [2.05, 4.69) is 27.2 Å². The molecule has 4 rings (SSSR count). The molecule has 0 bridgehead atoms. The van der Waals surface area contributed by atoms with E-state index in [4.69, 9.17) is 15.5 Å². The van der Waals surface area contributed by atoms with Crippen LogP contribution in [0.2, 0.25) is 0 Å². The lowest BCUT2D eigenvalue weighted by atomic mass is 10.2. The largest absolute Gasteiger partial charge is 0.494 e. The number of piperazine rings is 1. The molecule has 3 N–H and O–H groups in total. The minimum atomic E-state index is 0.314. The number of methoxy groups -OCH3 is 1. The molecule has 3 heterocycles. The highest BCUT2D eigenvalue weighted by atomic mass is 16.5. The smallest absolute Gasteiger partial charge is 0.223 e. The maximum Gasteiger partial charge on any atom is 0.223 e. The summed E-state index contributed by atoms with van der Waals surface area (Å²) in [7, 11) is 1.62. The van der Waals surface area contributed by atoms with Gasteiger partial charge in [0.2, 0.25) is 5.95 Å². The lowest BCUT2D eigenvalue weighted by Gasteiger charge is -2.32. The first-order chi connectivity index (χ1) is 11.7. The van der Waals surface area contributed by atoms with Gasteiger partial charge in [0, 0.05) is 31.1 Å². The maximum atomic E-state index is 6.09. The Bertz CT molecular complexity index is 891. The Labute approximate surface area is 139 Å². The first-order valence-corrected chi connectivity index (χ1v) is 8.10. The van der Waals surface area contributed by atoms with E-state index in [9.17, 15) is 0 Å². The molecule has 0 aliphatic carbocycles. The average Bonchev–Trinajstić information content (AvgIpc) is 3.01. The van der Waals surface area contributed by atoms with E-state index >= 15 is 0 Å². The Morgan fingerprint density at radius 1 is 1.38 bits per heavy atom. The molecule has 126 valence electrons. The molecule has 1 saturated heterocycles. The summed E-state index contributed by atoms with van der Waals surface area (Å²) in [6.07, 6.45) is 0. The zero-order chi connectivity index (χ0) is 16.7. The summed E-state index contributed by atoms with van der Waals surface area (Å²) in [6.45, 7) is 5.87. The summed E-state index contributed by atoms with van der Waals surface area (Å²) in [6, 6.07) is 6.21. The number of hydrogen-bond acceptors (Lipinski definition) is 7. The highest BCUT2D eigenvalue weighted by Gasteiger charge is 2.21. The van der Waals surface area contributed by atoms with Crippen molar-refractivity contribution in [2.75, 3.05) is 32.5 Å². The van der Waals surface area contributed by atoms with E-state index in [0.29, 0.717) is 35.4 Å². The van der Waals surface area contributed by atoms with Crippen molar-refractivity contribution in [1.82, 2.24) is 29.8 Å². The number of rotatable bonds is 3. The lowest BCUT2D eigenvalue weighted by molar-refractivity contribution is 0.162. The molecule has 1 aromatic carbocycles. The van der Waals surface area contributed by atoms with E-state index in [1.54, 1.807) is 11.6 Å². The van der Waals surface area contributed by atoms with Crippen molar-refractivity contribution in [2.24, 2.45) is 0 Å². The molecule has 1 fully saturated rings. The van der Waals surface area contributed by atoms with Gasteiger partial charge in [-0.05, 0) is 19.1 Å². The van der Waals surface area contributed by atoms with Crippen molar-refractivity contribution in [1.29, 1.82) is 0 Å². The van der Waals surface area contributed by atoms with E-state index < -0.39 is 0 Å². The zero-order valence-corrected chi connectivity index (χ0v) is 13.9. The fourth-order valence-corrected chi connectivity index (χ4v) is 3.20. The minimum absolute atomic E-state index is 0.314. The molecule has 1 aliphatic rings. The second kappa shape index (κ2) is 5.88. The van der Waals surface area contributed by atoms with Gasteiger partial charge >= 0.3 is 0 Å². The SMILES string of the molecule is COc1cccc2c1nc(N)n1nc(CN3CCNC[C@H]3C)nc21. The molecule has 3 aromatic rings. The summed E-state index contributed by atoms with van der Waals surface area (Å²) in [5, 5.41) is 8.84. The van der Waals surface area contributed by atoms with Crippen molar-refractivity contribution in [2.45, 2.75) is 19.5 Å². The van der Waals surface area contributed by atoms with Crippen LogP contribution < -0.4 is 15.8 Å². The summed E-state index contributed by atoms with van der Waals surface area (Å²) in [5.41, 5.74) is 7.51. The van der Waals surface area contributed by atoms with Crippen LogP contribution in [0.15, 0.2) is 18.2 Å². The Morgan fingerprint density at radius 2 is 2.25 bits per heavy atom. The molecule has 8 heteroatoms. The van der Waals surface area contributed by atoms with Crippen LogP contribution in [0.3, 0.4) is 0 Å². The van der Waals surface area contributed by atoms with Gasteiger partial charge in [-0.3, -0.25) is 4.90 Å². The van der Waals surface area contributed by atoms with E-state index in [1.165, 1.54) is 0 Å². The van der Waals surface area contributed by atoms with Gasteiger partial charge in [-0.2, -0.15) is 4.52 Å². The van der Waals surface area contributed by atoms with Gasteiger partial charge in [-0.25, -0.2) is 9.97 Å². The van der Waals surface area contributed by atoms with Crippen LogP contribution in [-0.4, -0.2) is 57.3 Å². The number of nitrogens with zero attached hydrogens (tertiary/aromatic N) is 5. The highest BCUT2D eigenvalue weighted by molar-refractivity contribution is 5.95. The predicted molar refractivity (Wildman–Crippen MR) is 92.0 cm³/mol. The number of ether oxygens (including phenoxy) is 1. The molecular weight excluding hydrogens is 306 g/mol. The van der Waals surface area contributed by atoms with Crippen LogP contribution in [0.4, 0.5) is 5.95 Å². The third kappa shape index (κ3) is 2.44. The number of para-hydroxylation sites is 1. The van der Waals surface area contributed by atoms with Crippen LogP contribution in [0.25, 0.3) is 16.6 Å². The third-order valence-electron chi connectivity index (χ3n) is 4.54. The molecule has 0 radical (unpaired) electrons. The number of benzene rings is 1. The quantitative estimate of drug-likeness (QED) is 0.730. The summed E-state index contributed by atoms with van der Waals surface area (Å²) < 4.78 is 7.00. The minimum Gasteiger partial charge on any atom is -0.494 e. The number of hydrogen-bond donors (Lipinski definition) is 2. The second-order valence-electron chi connectivity index (χ2n) is 6.11. The number of anilines is 1. The van der Waals surface area contributed by atoms with Crippen LogP contribution in [0.5, 0.6) is 5.75 Å². The number of nitrogens with two attached hydrogens (primary N) is 1. The highest BCUT2D eigenvalue weighted by Crippen LogP contribution is 2.27. The fourth-order valence-electron chi connectivity index (χ4n) is 3.20. The normalized spacial score (nSPS) is 19.2.